The molecule has 278 valence electrons. The van der Waals surface area contributed by atoms with Crippen LogP contribution in [0.15, 0.2) is 24.3 Å². The Morgan fingerprint density at radius 2 is 1.47 bits per heavy atom. The third-order valence-electron chi connectivity index (χ3n) is 7.08. The Labute approximate surface area is 291 Å². The van der Waals surface area contributed by atoms with Crippen molar-refractivity contribution in [3.63, 3.8) is 0 Å². The normalized spacial score (nSPS) is 12.7. The van der Waals surface area contributed by atoms with Crippen molar-refractivity contribution in [3.05, 3.63) is 29.8 Å². The van der Waals surface area contributed by atoms with Gasteiger partial charge in [0.1, 0.15) is 24.5 Å². The Morgan fingerprint density at radius 3 is 2.04 bits per heavy atom. The van der Waals surface area contributed by atoms with Crippen molar-refractivity contribution in [2.75, 3.05) is 32.1 Å². The highest BCUT2D eigenvalue weighted by Gasteiger charge is 2.27. The summed E-state index contributed by atoms with van der Waals surface area (Å²) in [5.74, 6) is -1.74. The maximum Gasteiger partial charge on any atom is 0.407 e. The van der Waals surface area contributed by atoms with Crippen molar-refractivity contribution in [1.82, 2.24) is 21.3 Å². The quantitative estimate of drug-likeness (QED) is 0.128. The van der Waals surface area contributed by atoms with Gasteiger partial charge in [0.15, 0.2) is 0 Å². The number of hydrogen-bond acceptors (Lipinski definition) is 9. The van der Waals surface area contributed by atoms with E-state index in [1.165, 1.54) is 6.92 Å². The molecular formula is C35H59N5O9. The smallest absolute Gasteiger partial charge is 0.407 e. The van der Waals surface area contributed by atoms with Crippen LogP contribution in [-0.4, -0.2) is 86.1 Å². The second-order valence-electron chi connectivity index (χ2n) is 12.3. The maximum absolute atomic E-state index is 13.0. The standard InChI is InChI=1S/C33H53N5O9.C2H6/c1-21(2)29(38-28(41)14-9-23(4)45-18-16-33(6,7)47-17-15-27(40)34-8)31(43)36-24(5)30(42)37-26-12-10-25(11-13-26)20-46-32(44)35-19-22(3)39;1-2/h10-13,21,23-24,29H,9,14-20H2,1-8H3,(H,34,40)(H,35,44)(H,36,43)(H,37,42)(H,38,41);1-2H3. The van der Waals surface area contributed by atoms with Gasteiger partial charge in [-0.1, -0.05) is 39.8 Å². The van der Waals surface area contributed by atoms with E-state index in [1.807, 2.05) is 34.6 Å². The summed E-state index contributed by atoms with van der Waals surface area (Å²) in [6.07, 6.45) is 0.599. The number of hydrogen-bond donors (Lipinski definition) is 5. The van der Waals surface area contributed by atoms with Crippen LogP contribution in [-0.2, 0) is 44.8 Å². The number of carbonyl (C=O) groups is 6. The molecule has 5 amide bonds. The van der Waals surface area contributed by atoms with Crippen molar-refractivity contribution in [3.8, 4) is 0 Å². The van der Waals surface area contributed by atoms with Gasteiger partial charge in [-0.2, -0.15) is 0 Å². The lowest BCUT2D eigenvalue weighted by Crippen LogP contribution is -2.53. The van der Waals surface area contributed by atoms with Crippen molar-refractivity contribution in [2.24, 2.45) is 5.92 Å². The van der Waals surface area contributed by atoms with E-state index >= 15 is 0 Å². The van der Waals surface area contributed by atoms with Gasteiger partial charge in [-0.15, -0.1) is 0 Å². The SMILES string of the molecule is CC.CNC(=O)CCOC(C)(C)CCOC(C)CCC(=O)NC(C(=O)NC(C)C(=O)Nc1ccc(COC(=O)NCC(C)=O)cc1)C(C)C. The number of amides is 5. The molecule has 0 aromatic heterocycles. The highest BCUT2D eigenvalue weighted by molar-refractivity contribution is 5.98. The Balaban J connectivity index is 0.0000113. The molecule has 0 aliphatic carbocycles. The zero-order chi connectivity index (χ0) is 37.6. The second-order valence-corrected chi connectivity index (χ2v) is 12.3. The van der Waals surface area contributed by atoms with E-state index in [4.69, 9.17) is 14.2 Å². The summed E-state index contributed by atoms with van der Waals surface area (Å²) in [4.78, 5) is 72.4. The minimum Gasteiger partial charge on any atom is -0.445 e. The zero-order valence-electron chi connectivity index (χ0n) is 30.9. The third kappa shape index (κ3) is 20.8. The molecule has 1 rings (SSSR count). The average molecular weight is 694 g/mol. The van der Waals surface area contributed by atoms with Crippen LogP contribution in [0.2, 0.25) is 0 Å². The lowest BCUT2D eigenvalue weighted by atomic mass is 10.0. The lowest BCUT2D eigenvalue weighted by Gasteiger charge is -2.26. The van der Waals surface area contributed by atoms with Crippen molar-refractivity contribution < 1.29 is 43.0 Å². The Hall–Kier alpha value is -4.04. The summed E-state index contributed by atoms with van der Waals surface area (Å²) in [6.45, 7) is 16.8. The van der Waals surface area contributed by atoms with Crippen LogP contribution in [0.5, 0.6) is 0 Å². The van der Waals surface area contributed by atoms with Gasteiger partial charge in [-0.3, -0.25) is 24.0 Å². The van der Waals surface area contributed by atoms with Gasteiger partial charge < -0.3 is 40.8 Å². The van der Waals surface area contributed by atoms with Crippen LogP contribution in [0.25, 0.3) is 0 Å². The van der Waals surface area contributed by atoms with Crippen molar-refractivity contribution in [2.45, 2.75) is 118 Å². The van der Waals surface area contributed by atoms with E-state index in [1.54, 1.807) is 52.1 Å². The highest BCUT2D eigenvalue weighted by atomic mass is 16.5. The molecule has 14 nitrogen and oxygen atoms in total. The number of carbonyl (C=O) groups excluding carboxylic acids is 6. The topological polar surface area (TPSA) is 190 Å². The zero-order valence-corrected chi connectivity index (χ0v) is 30.9. The van der Waals surface area contributed by atoms with E-state index in [-0.39, 0.29) is 55.6 Å². The molecule has 3 atom stereocenters. The summed E-state index contributed by atoms with van der Waals surface area (Å²) in [5.41, 5.74) is 0.683. The maximum atomic E-state index is 13.0. The second kappa shape index (κ2) is 24.2. The Bertz CT molecular complexity index is 1190. The molecule has 0 radical (unpaired) electrons. The van der Waals surface area contributed by atoms with Crippen LogP contribution < -0.4 is 26.6 Å². The molecule has 0 bridgehead atoms. The predicted octanol–water partition coefficient (Wildman–Crippen LogP) is 3.62. The first-order valence-electron chi connectivity index (χ1n) is 16.9. The van der Waals surface area contributed by atoms with E-state index in [2.05, 4.69) is 26.6 Å². The highest BCUT2D eigenvalue weighted by Crippen LogP contribution is 2.16. The molecule has 0 saturated carbocycles. The van der Waals surface area contributed by atoms with Crippen molar-refractivity contribution in [1.29, 1.82) is 0 Å². The van der Waals surface area contributed by atoms with E-state index in [0.717, 1.165) is 0 Å². The van der Waals surface area contributed by atoms with Gasteiger partial charge in [-0.05, 0) is 71.1 Å². The number of alkyl carbamates (subject to hydrolysis) is 1. The van der Waals surface area contributed by atoms with Gasteiger partial charge >= 0.3 is 6.09 Å². The van der Waals surface area contributed by atoms with E-state index in [9.17, 15) is 28.8 Å². The largest absolute Gasteiger partial charge is 0.445 e. The molecule has 0 saturated heterocycles. The molecule has 5 N–H and O–H groups in total. The van der Waals surface area contributed by atoms with E-state index < -0.39 is 35.6 Å². The molecule has 1 aromatic carbocycles. The lowest BCUT2D eigenvalue weighted by molar-refractivity contribution is -0.132. The fraction of sp³-hybridized carbons (Fsp3) is 0.657. The number of Topliss-reactive ketones (excluding diaryl/α,β-unsaturated/α-hetero) is 1. The first-order valence-corrected chi connectivity index (χ1v) is 16.9. The molecule has 0 fully saturated rings. The fourth-order valence-corrected chi connectivity index (χ4v) is 4.02. The Morgan fingerprint density at radius 1 is 0.837 bits per heavy atom. The van der Waals surface area contributed by atoms with E-state index in [0.29, 0.717) is 37.3 Å². The summed E-state index contributed by atoms with van der Waals surface area (Å²) in [5, 5.41) is 13.0. The number of anilines is 1. The summed E-state index contributed by atoms with van der Waals surface area (Å²) < 4.78 is 16.7. The summed E-state index contributed by atoms with van der Waals surface area (Å²) in [6, 6.07) is 4.86. The fourth-order valence-electron chi connectivity index (χ4n) is 4.02. The predicted molar refractivity (Wildman–Crippen MR) is 188 cm³/mol. The van der Waals surface area contributed by atoms with Crippen LogP contribution in [0.1, 0.15) is 93.6 Å². The molecule has 0 spiro atoms. The first-order chi connectivity index (χ1) is 23.0. The molecule has 14 heteroatoms. The number of ether oxygens (including phenoxy) is 3. The minimum atomic E-state index is -0.890. The minimum absolute atomic E-state index is 0.0189. The summed E-state index contributed by atoms with van der Waals surface area (Å²) in [7, 11) is 1.58. The van der Waals surface area contributed by atoms with Gasteiger partial charge in [0.05, 0.1) is 24.9 Å². The molecule has 0 aliphatic heterocycles. The molecule has 0 aliphatic rings. The summed E-state index contributed by atoms with van der Waals surface area (Å²) >= 11 is 0. The Kier molecular flexibility index (Phi) is 22.2. The average Bonchev–Trinajstić information content (AvgIpc) is 3.05. The van der Waals surface area contributed by atoms with Gasteiger partial charge in [0.25, 0.3) is 0 Å². The number of rotatable bonds is 21. The first kappa shape index (κ1) is 45.0. The number of nitrogens with one attached hydrogen (secondary N) is 5. The number of benzene rings is 1. The van der Waals surface area contributed by atoms with Crippen LogP contribution in [0.4, 0.5) is 10.5 Å². The molecule has 1 aromatic rings. The van der Waals surface area contributed by atoms with Crippen molar-refractivity contribution >= 4 is 41.2 Å². The van der Waals surface area contributed by atoms with Gasteiger partial charge in [0.2, 0.25) is 23.6 Å². The molecule has 0 heterocycles. The molecule has 3 unspecified atom stereocenters. The molecule has 49 heavy (non-hydrogen) atoms. The number of ketones is 1. The van der Waals surface area contributed by atoms with Crippen LogP contribution in [0, 0.1) is 5.92 Å². The van der Waals surface area contributed by atoms with Gasteiger partial charge in [0, 0.05) is 32.2 Å². The third-order valence-corrected chi connectivity index (χ3v) is 7.08. The molecular weight excluding hydrogens is 634 g/mol. The van der Waals surface area contributed by atoms with Crippen LogP contribution >= 0.6 is 0 Å². The monoisotopic (exact) mass is 693 g/mol. The van der Waals surface area contributed by atoms with Gasteiger partial charge in [-0.25, -0.2) is 4.79 Å². The van der Waals surface area contributed by atoms with Crippen LogP contribution in [0.3, 0.4) is 0 Å².